The zero-order valence-corrected chi connectivity index (χ0v) is 9.35. The first-order valence-corrected chi connectivity index (χ1v) is 5.30. The number of alkyl halides is 3. The summed E-state index contributed by atoms with van der Waals surface area (Å²) in [5.74, 6) is -2.44. The summed E-state index contributed by atoms with van der Waals surface area (Å²) in [6.45, 7) is 0. The molecule has 0 heterocycles. The number of nitro benzene ring substituents is 1. The highest BCUT2D eigenvalue weighted by Gasteiger charge is 2.47. The van der Waals surface area contributed by atoms with Gasteiger partial charge in [0.2, 0.25) is 0 Å². The van der Waals surface area contributed by atoms with Gasteiger partial charge in [0.1, 0.15) is 0 Å². The van der Waals surface area contributed by atoms with Gasteiger partial charge in [-0.3, -0.25) is 14.9 Å². The number of carboxylic acids is 1. The van der Waals surface area contributed by atoms with E-state index in [0.717, 1.165) is 12.1 Å². The Morgan fingerprint density at radius 3 is 2.47 bits per heavy atom. The van der Waals surface area contributed by atoms with E-state index >= 15 is 0 Å². The van der Waals surface area contributed by atoms with Crippen LogP contribution < -0.4 is 0 Å². The van der Waals surface area contributed by atoms with Crippen LogP contribution in [0.5, 0.6) is 0 Å². The number of hydrogen-bond acceptors (Lipinski definition) is 3. The predicted octanol–water partition coefficient (Wildman–Crippen LogP) is 2.80. The van der Waals surface area contributed by atoms with Crippen molar-refractivity contribution in [1.82, 2.24) is 0 Å². The largest absolute Gasteiger partial charge is 0.481 e. The van der Waals surface area contributed by atoms with Gasteiger partial charge >= 0.3 is 12.1 Å². The Morgan fingerprint density at radius 2 is 2.05 bits per heavy atom. The van der Waals surface area contributed by atoms with Gasteiger partial charge in [0, 0.05) is 17.5 Å². The van der Waals surface area contributed by atoms with Crippen LogP contribution in [-0.4, -0.2) is 16.0 Å². The van der Waals surface area contributed by atoms with Crippen LogP contribution in [0.25, 0.3) is 0 Å². The number of carboxylic acid groups (broad SMARTS) is 1. The molecule has 1 saturated carbocycles. The summed E-state index contributed by atoms with van der Waals surface area (Å²) in [4.78, 5) is 20.6. The number of hydrogen-bond donors (Lipinski definition) is 1. The molecule has 0 saturated heterocycles. The van der Waals surface area contributed by atoms with Crippen LogP contribution in [0.2, 0.25) is 0 Å². The molecule has 0 unspecified atom stereocenters. The lowest BCUT2D eigenvalue weighted by atomic mass is 10.0. The monoisotopic (exact) mass is 275 g/mol. The Hall–Kier alpha value is -2.12. The molecule has 0 aliphatic heterocycles. The number of nitrogens with zero attached hydrogens (tertiary/aromatic N) is 1. The second-order valence-electron chi connectivity index (χ2n) is 4.32. The van der Waals surface area contributed by atoms with Crippen molar-refractivity contribution in [2.75, 3.05) is 0 Å². The molecule has 102 valence electrons. The Morgan fingerprint density at radius 1 is 1.42 bits per heavy atom. The molecule has 1 aromatic carbocycles. The van der Waals surface area contributed by atoms with Crippen molar-refractivity contribution in [2.24, 2.45) is 5.92 Å². The molecule has 0 radical (unpaired) electrons. The maximum atomic E-state index is 12.5. The fourth-order valence-electron chi connectivity index (χ4n) is 2.00. The van der Waals surface area contributed by atoms with Gasteiger partial charge in [-0.05, 0) is 12.5 Å². The van der Waals surface area contributed by atoms with Crippen molar-refractivity contribution < 1.29 is 28.0 Å². The maximum Gasteiger partial charge on any atom is 0.416 e. The molecule has 1 aromatic rings. The van der Waals surface area contributed by atoms with Crippen LogP contribution >= 0.6 is 0 Å². The van der Waals surface area contributed by atoms with Gasteiger partial charge in [-0.1, -0.05) is 6.07 Å². The van der Waals surface area contributed by atoms with Crippen molar-refractivity contribution in [3.8, 4) is 0 Å². The van der Waals surface area contributed by atoms with Crippen LogP contribution in [0.4, 0.5) is 18.9 Å². The van der Waals surface area contributed by atoms with Gasteiger partial charge in [0.25, 0.3) is 5.69 Å². The lowest BCUT2D eigenvalue weighted by Crippen LogP contribution is -2.07. The number of carbonyl (C=O) groups is 1. The Labute approximate surface area is 104 Å². The molecule has 5 nitrogen and oxygen atoms in total. The van der Waals surface area contributed by atoms with E-state index in [0.29, 0.717) is 6.07 Å². The van der Waals surface area contributed by atoms with Gasteiger partial charge in [-0.25, -0.2) is 0 Å². The van der Waals surface area contributed by atoms with Crippen molar-refractivity contribution >= 4 is 11.7 Å². The Bertz CT molecular complexity index is 555. The highest BCUT2D eigenvalue weighted by atomic mass is 19.4. The minimum atomic E-state index is -4.67. The molecule has 0 spiro atoms. The molecule has 1 fully saturated rings. The molecule has 0 amide bonds. The molecule has 8 heteroatoms. The molecular weight excluding hydrogens is 267 g/mol. The highest BCUT2D eigenvalue weighted by Crippen LogP contribution is 2.51. The van der Waals surface area contributed by atoms with Crippen LogP contribution in [0.15, 0.2) is 18.2 Å². The van der Waals surface area contributed by atoms with Gasteiger partial charge in [0.15, 0.2) is 0 Å². The molecule has 1 N–H and O–H groups in total. The molecule has 1 aliphatic carbocycles. The first-order chi connectivity index (χ1) is 8.71. The minimum absolute atomic E-state index is 0.0467. The van der Waals surface area contributed by atoms with Gasteiger partial charge < -0.3 is 5.11 Å². The third kappa shape index (κ3) is 2.51. The summed E-state index contributed by atoms with van der Waals surface area (Å²) >= 11 is 0. The van der Waals surface area contributed by atoms with Crippen molar-refractivity contribution in [1.29, 1.82) is 0 Å². The van der Waals surface area contributed by atoms with E-state index in [1.54, 1.807) is 0 Å². The highest BCUT2D eigenvalue weighted by molar-refractivity contribution is 5.76. The summed E-state index contributed by atoms with van der Waals surface area (Å²) in [5.41, 5.74) is -1.75. The van der Waals surface area contributed by atoms with Crippen LogP contribution in [0.3, 0.4) is 0 Å². The zero-order valence-electron chi connectivity index (χ0n) is 9.35. The summed E-state index contributed by atoms with van der Waals surface area (Å²) in [5, 5.41) is 19.5. The minimum Gasteiger partial charge on any atom is -0.481 e. The van der Waals surface area contributed by atoms with E-state index in [9.17, 15) is 28.1 Å². The normalized spacial score (nSPS) is 22.1. The van der Waals surface area contributed by atoms with E-state index in [2.05, 4.69) is 0 Å². The topological polar surface area (TPSA) is 80.4 Å². The summed E-state index contributed by atoms with van der Waals surface area (Å²) in [6, 6.07) is 2.18. The number of benzene rings is 1. The molecule has 1 aliphatic rings. The van der Waals surface area contributed by atoms with E-state index in [4.69, 9.17) is 5.11 Å². The van der Waals surface area contributed by atoms with Crippen LogP contribution in [0.1, 0.15) is 23.5 Å². The second-order valence-corrected chi connectivity index (χ2v) is 4.32. The third-order valence-electron chi connectivity index (χ3n) is 3.06. The molecule has 2 rings (SSSR count). The number of nitro groups is 1. The van der Waals surface area contributed by atoms with E-state index in [-0.39, 0.29) is 12.0 Å². The van der Waals surface area contributed by atoms with Gasteiger partial charge in [0.05, 0.1) is 16.4 Å². The average Bonchev–Trinajstić information content (AvgIpc) is 3.06. The van der Waals surface area contributed by atoms with Gasteiger partial charge in [-0.2, -0.15) is 13.2 Å². The standard InChI is InChI=1S/C11H8F3NO4/c12-11(13,14)5-1-2-6(9(3-5)15(18)19)7-4-8(7)10(16)17/h1-3,7-8H,4H2,(H,16,17)/t7-,8+/m0/s1. The first kappa shape index (κ1) is 13.3. The van der Waals surface area contributed by atoms with E-state index in [1.165, 1.54) is 0 Å². The van der Waals surface area contributed by atoms with Gasteiger partial charge in [-0.15, -0.1) is 0 Å². The zero-order chi connectivity index (χ0) is 14.4. The summed E-state index contributed by atoms with van der Waals surface area (Å²) in [7, 11) is 0. The number of halogens is 3. The Kier molecular flexibility index (Phi) is 2.95. The Balaban J connectivity index is 2.41. The summed E-state index contributed by atoms with van der Waals surface area (Å²) in [6.07, 6.45) is -4.46. The molecular formula is C11H8F3NO4. The predicted molar refractivity (Wildman–Crippen MR) is 56.6 cm³/mol. The molecule has 2 atom stereocenters. The van der Waals surface area contributed by atoms with Crippen LogP contribution in [-0.2, 0) is 11.0 Å². The van der Waals surface area contributed by atoms with E-state index < -0.39 is 40.2 Å². The van der Waals surface area contributed by atoms with E-state index in [1.807, 2.05) is 0 Å². The number of aliphatic carboxylic acids is 1. The molecule has 0 aromatic heterocycles. The fourth-order valence-corrected chi connectivity index (χ4v) is 2.00. The maximum absolute atomic E-state index is 12.5. The summed E-state index contributed by atoms with van der Waals surface area (Å²) < 4.78 is 37.4. The molecule has 19 heavy (non-hydrogen) atoms. The van der Waals surface area contributed by atoms with Crippen molar-refractivity contribution in [3.63, 3.8) is 0 Å². The quantitative estimate of drug-likeness (QED) is 0.679. The lowest BCUT2D eigenvalue weighted by Gasteiger charge is -2.08. The lowest BCUT2D eigenvalue weighted by molar-refractivity contribution is -0.385. The SMILES string of the molecule is O=C(O)[C@@H]1C[C@H]1c1ccc(C(F)(F)F)cc1[N+](=O)[O-]. The fraction of sp³-hybridized carbons (Fsp3) is 0.364. The third-order valence-corrected chi connectivity index (χ3v) is 3.06. The van der Waals surface area contributed by atoms with Crippen molar-refractivity contribution in [3.05, 3.63) is 39.4 Å². The molecule has 0 bridgehead atoms. The first-order valence-electron chi connectivity index (χ1n) is 5.30. The smallest absolute Gasteiger partial charge is 0.416 e. The van der Waals surface area contributed by atoms with Crippen molar-refractivity contribution in [2.45, 2.75) is 18.5 Å². The average molecular weight is 275 g/mol. The van der Waals surface area contributed by atoms with Crippen LogP contribution in [0, 0.1) is 16.0 Å². The number of rotatable bonds is 3. The second kappa shape index (κ2) is 4.22.